The lowest BCUT2D eigenvalue weighted by atomic mass is 9.75. The van der Waals surface area contributed by atoms with E-state index in [1.54, 1.807) is 14.2 Å². The van der Waals surface area contributed by atoms with Gasteiger partial charge in [0.1, 0.15) is 0 Å². The van der Waals surface area contributed by atoms with Crippen molar-refractivity contribution in [1.82, 2.24) is 0 Å². The lowest BCUT2D eigenvalue weighted by Gasteiger charge is -2.43. The highest BCUT2D eigenvalue weighted by molar-refractivity contribution is 4.88. The molecule has 1 atom stereocenters. The van der Waals surface area contributed by atoms with Crippen molar-refractivity contribution in [2.24, 2.45) is 17.3 Å². The summed E-state index contributed by atoms with van der Waals surface area (Å²) in [4.78, 5) is 0. The molecule has 0 saturated heterocycles. The number of ether oxygens (including phenoxy) is 3. The van der Waals surface area contributed by atoms with Crippen LogP contribution >= 0.6 is 0 Å². The van der Waals surface area contributed by atoms with E-state index in [0.29, 0.717) is 31.7 Å². The zero-order chi connectivity index (χ0) is 16.6. The maximum Gasteiger partial charge on any atom is 0.0654 e. The van der Waals surface area contributed by atoms with Gasteiger partial charge in [-0.25, -0.2) is 0 Å². The van der Waals surface area contributed by atoms with Crippen LogP contribution in [0.3, 0.4) is 0 Å². The average Bonchev–Trinajstić information content (AvgIpc) is 2.53. The summed E-state index contributed by atoms with van der Waals surface area (Å²) in [6, 6.07) is 0. The lowest BCUT2D eigenvalue weighted by Crippen LogP contribution is -2.46. The third kappa shape index (κ3) is 5.21. The summed E-state index contributed by atoms with van der Waals surface area (Å²) in [5.74, 6) is 1.19. The minimum Gasteiger partial charge on any atom is -0.384 e. The zero-order valence-corrected chi connectivity index (χ0v) is 15.7. The summed E-state index contributed by atoms with van der Waals surface area (Å²) in [5, 5.41) is 0. The Morgan fingerprint density at radius 3 is 1.95 bits per heavy atom. The Morgan fingerprint density at radius 2 is 1.50 bits per heavy atom. The number of hydrogen-bond donors (Lipinski definition) is 0. The first-order valence-corrected chi connectivity index (χ1v) is 9.03. The second-order valence-electron chi connectivity index (χ2n) is 7.76. The quantitative estimate of drug-likeness (QED) is 0.585. The molecule has 1 unspecified atom stereocenters. The number of hydrogen-bond acceptors (Lipinski definition) is 3. The van der Waals surface area contributed by atoms with Crippen LogP contribution < -0.4 is 0 Å². The largest absolute Gasteiger partial charge is 0.384 e. The summed E-state index contributed by atoms with van der Waals surface area (Å²) in [6.45, 7) is 11.2. The van der Waals surface area contributed by atoms with E-state index in [1.807, 2.05) is 0 Å². The fourth-order valence-corrected chi connectivity index (χ4v) is 3.81. The zero-order valence-electron chi connectivity index (χ0n) is 15.7. The van der Waals surface area contributed by atoms with Gasteiger partial charge in [0.05, 0.1) is 25.4 Å². The van der Waals surface area contributed by atoms with E-state index in [2.05, 4.69) is 27.7 Å². The first-order valence-electron chi connectivity index (χ1n) is 9.03. The Labute approximate surface area is 138 Å². The SMILES string of the molecule is CCC(C)C(COC)(COC)COC(C)(C)C1CCCCC1. The Morgan fingerprint density at radius 1 is 0.955 bits per heavy atom. The molecule has 1 rings (SSSR count). The fraction of sp³-hybridized carbons (Fsp3) is 1.00. The van der Waals surface area contributed by atoms with Crippen molar-refractivity contribution in [3.63, 3.8) is 0 Å². The van der Waals surface area contributed by atoms with Crippen molar-refractivity contribution in [3.05, 3.63) is 0 Å². The van der Waals surface area contributed by atoms with Crippen molar-refractivity contribution in [3.8, 4) is 0 Å². The maximum absolute atomic E-state index is 6.50. The third-order valence-electron chi connectivity index (χ3n) is 5.84. The molecule has 0 aromatic carbocycles. The van der Waals surface area contributed by atoms with E-state index in [9.17, 15) is 0 Å². The molecule has 22 heavy (non-hydrogen) atoms. The van der Waals surface area contributed by atoms with Crippen LogP contribution in [0.2, 0.25) is 0 Å². The molecule has 0 N–H and O–H groups in total. The molecule has 1 aliphatic carbocycles. The van der Waals surface area contributed by atoms with Gasteiger partial charge < -0.3 is 14.2 Å². The van der Waals surface area contributed by atoms with Crippen LogP contribution in [0.1, 0.15) is 66.2 Å². The normalized spacial score (nSPS) is 19.4. The van der Waals surface area contributed by atoms with E-state index in [4.69, 9.17) is 14.2 Å². The van der Waals surface area contributed by atoms with Gasteiger partial charge in [-0.3, -0.25) is 0 Å². The summed E-state index contributed by atoms with van der Waals surface area (Å²) in [6.07, 6.45) is 7.81. The molecular formula is C19H38O3. The minimum atomic E-state index is -0.0549. The smallest absolute Gasteiger partial charge is 0.0654 e. The van der Waals surface area contributed by atoms with Crippen LogP contribution in [-0.4, -0.2) is 39.6 Å². The Kier molecular flexibility index (Phi) is 8.37. The van der Waals surface area contributed by atoms with Crippen molar-refractivity contribution in [2.75, 3.05) is 34.0 Å². The van der Waals surface area contributed by atoms with Gasteiger partial charge in [0, 0.05) is 19.6 Å². The summed E-state index contributed by atoms with van der Waals surface area (Å²) in [7, 11) is 3.55. The van der Waals surface area contributed by atoms with Crippen molar-refractivity contribution < 1.29 is 14.2 Å². The van der Waals surface area contributed by atoms with Gasteiger partial charge in [0.25, 0.3) is 0 Å². The van der Waals surface area contributed by atoms with E-state index in [0.717, 1.165) is 6.42 Å². The van der Waals surface area contributed by atoms with Crippen molar-refractivity contribution in [1.29, 1.82) is 0 Å². The molecule has 3 heteroatoms. The van der Waals surface area contributed by atoms with E-state index >= 15 is 0 Å². The second-order valence-corrected chi connectivity index (χ2v) is 7.76. The van der Waals surface area contributed by atoms with Gasteiger partial charge in [0.15, 0.2) is 0 Å². The molecule has 0 amide bonds. The van der Waals surface area contributed by atoms with Gasteiger partial charge in [-0.2, -0.15) is 0 Å². The number of rotatable bonds is 10. The van der Waals surface area contributed by atoms with Crippen molar-refractivity contribution in [2.45, 2.75) is 71.8 Å². The highest BCUT2D eigenvalue weighted by Crippen LogP contribution is 2.38. The highest BCUT2D eigenvalue weighted by Gasteiger charge is 2.40. The molecule has 0 aliphatic heterocycles. The van der Waals surface area contributed by atoms with Crippen LogP contribution in [0.4, 0.5) is 0 Å². The molecule has 0 aromatic heterocycles. The number of methoxy groups -OCH3 is 2. The molecule has 0 bridgehead atoms. The predicted molar refractivity (Wildman–Crippen MR) is 92.2 cm³/mol. The van der Waals surface area contributed by atoms with Crippen LogP contribution in [0.15, 0.2) is 0 Å². The lowest BCUT2D eigenvalue weighted by molar-refractivity contribution is -0.144. The first kappa shape index (κ1) is 19.9. The van der Waals surface area contributed by atoms with Crippen molar-refractivity contribution >= 4 is 0 Å². The molecule has 1 aliphatic rings. The molecule has 0 radical (unpaired) electrons. The molecule has 0 spiro atoms. The fourth-order valence-electron chi connectivity index (χ4n) is 3.81. The first-order chi connectivity index (χ1) is 10.4. The summed E-state index contributed by atoms with van der Waals surface area (Å²) < 4.78 is 17.6. The highest BCUT2D eigenvalue weighted by atomic mass is 16.5. The molecule has 0 heterocycles. The van der Waals surface area contributed by atoms with E-state index < -0.39 is 0 Å². The van der Waals surface area contributed by atoms with Gasteiger partial charge in [-0.05, 0) is 38.5 Å². The van der Waals surface area contributed by atoms with Crippen LogP contribution in [0, 0.1) is 17.3 Å². The van der Waals surface area contributed by atoms with E-state index in [1.165, 1.54) is 32.1 Å². The summed E-state index contributed by atoms with van der Waals surface area (Å²) in [5.41, 5.74) is -0.106. The van der Waals surface area contributed by atoms with Crippen LogP contribution in [-0.2, 0) is 14.2 Å². The molecule has 3 nitrogen and oxygen atoms in total. The molecule has 1 fully saturated rings. The van der Waals surface area contributed by atoms with Gasteiger partial charge in [-0.1, -0.05) is 39.5 Å². The van der Waals surface area contributed by atoms with Gasteiger partial charge in [0.2, 0.25) is 0 Å². The minimum absolute atomic E-state index is 0.0514. The average molecular weight is 315 g/mol. The van der Waals surface area contributed by atoms with Gasteiger partial charge in [-0.15, -0.1) is 0 Å². The van der Waals surface area contributed by atoms with E-state index in [-0.39, 0.29) is 11.0 Å². The molecule has 1 saturated carbocycles. The Bertz CT molecular complexity index is 289. The molecule has 0 aromatic rings. The molecular weight excluding hydrogens is 276 g/mol. The third-order valence-corrected chi connectivity index (χ3v) is 5.84. The van der Waals surface area contributed by atoms with Crippen LogP contribution in [0.25, 0.3) is 0 Å². The standard InChI is InChI=1S/C19H38O3/c1-7-16(2)19(13-20-5,14-21-6)15-22-18(3,4)17-11-9-8-10-12-17/h16-17H,7-15H2,1-6H3. The summed E-state index contributed by atoms with van der Waals surface area (Å²) >= 11 is 0. The predicted octanol–water partition coefficient (Wildman–Crippen LogP) is 4.69. The molecule has 132 valence electrons. The maximum atomic E-state index is 6.50. The monoisotopic (exact) mass is 314 g/mol. The van der Waals surface area contributed by atoms with Gasteiger partial charge >= 0.3 is 0 Å². The topological polar surface area (TPSA) is 27.7 Å². The Hall–Kier alpha value is -0.120. The van der Waals surface area contributed by atoms with Crippen LogP contribution in [0.5, 0.6) is 0 Å². The second kappa shape index (κ2) is 9.24. The Balaban J connectivity index is 2.75.